The number of phosphoric ester groups is 1. The molecule has 0 aromatic heterocycles. The van der Waals surface area contributed by atoms with E-state index in [0.29, 0.717) is 23.9 Å². The van der Waals surface area contributed by atoms with Crippen LogP contribution in [0.3, 0.4) is 0 Å². The van der Waals surface area contributed by atoms with E-state index in [1.54, 1.807) is 0 Å². The molecule has 10 heteroatoms. The Bertz CT molecular complexity index is 1360. The molecule has 0 aromatic rings. The van der Waals surface area contributed by atoms with Gasteiger partial charge in [-0.15, -0.1) is 0 Å². The molecule has 0 fully saturated rings. The lowest BCUT2D eigenvalue weighted by atomic mass is 10.0. The second kappa shape index (κ2) is 51.5. The van der Waals surface area contributed by atoms with Gasteiger partial charge in [-0.1, -0.05) is 224 Å². The summed E-state index contributed by atoms with van der Waals surface area (Å²) in [5, 5.41) is 3.02. The molecule has 0 aliphatic rings. The lowest BCUT2D eigenvalue weighted by Gasteiger charge is -2.30. The lowest BCUT2D eigenvalue weighted by Crippen LogP contribution is -2.47. The monoisotopic (exact) mass is 1020 g/mol. The van der Waals surface area contributed by atoms with Crippen LogP contribution in [-0.4, -0.2) is 69.4 Å². The van der Waals surface area contributed by atoms with Gasteiger partial charge in [0.1, 0.15) is 19.3 Å². The quantitative estimate of drug-likeness (QED) is 0.0212. The number of phosphoric acid groups is 1. The van der Waals surface area contributed by atoms with Gasteiger partial charge in [0.2, 0.25) is 5.91 Å². The summed E-state index contributed by atoms with van der Waals surface area (Å²) in [7, 11) is 1.18. The molecule has 1 N–H and O–H groups in total. The van der Waals surface area contributed by atoms with E-state index in [1.807, 2.05) is 33.3 Å². The van der Waals surface area contributed by atoms with E-state index in [9.17, 15) is 19.0 Å². The van der Waals surface area contributed by atoms with E-state index in [-0.39, 0.29) is 24.9 Å². The predicted octanol–water partition coefficient (Wildman–Crippen LogP) is 17.5. The molecule has 0 aromatic carbocycles. The zero-order valence-corrected chi connectivity index (χ0v) is 48.3. The molecule has 0 aliphatic carbocycles. The normalized spacial score (nSPS) is 14.1. The highest BCUT2D eigenvalue weighted by atomic mass is 31.2. The molecule has 9 nitrogen and oxygen atoms in total. The van der Waals surface area contributed by atoms with Crippen molar-refractivity contribution in [2.24, 2.45) is 0 Å². The fourth-order valence-corrected chi connectivity index (χ4v) is 9.27. The first-order valence-corrected chi connectivity index (χ1v) is 31.4. The third-order valence-corrected chi connectivity index (χ3v) is 14.2. The van der Waals surface area contributed by atoms with Crippen LogP contribution in [-0.2, 0) is 27.9 Å². The average Bonchev–Trinajstić information content (AvgIpc) is 3.33. The molecule has 3 atom stereocenters. The number of hydrogen-bond acceptors (Lipinski definition) is 7. The van der Waals surface area contributed by atoms with Gasteiger partial charge in [-0.05, 0) is 89.5 Å². The van der Waals surface area contributed by atoms with E-state index in [2.05, 4.69) is 62.5 Å². The minimum absolute atomic E-state index is 0.0252. The molecular formula is C61H115N2O7P. The molecule has 0 saturated carbocycles. The number of nitrogens with one attached hydrogen (secondary N) is 1. The van der Waals surface area contributed by atoms with Crippen molar-refractivity contribution < 1.29 is 37.3 Å². The highest BCUT2D eigenvalue weighted by Crippen LogP contribution is 2.38. The lowest BCUT2D eigenvalue weighted by molar-refractivity contribution is -0.870. The second-order valence-electron chi connectivity index (χ2n) is 21.5. The molecular weight excluding hydrogens is 904 g/mol. The predicted molar refractivity (Wildman–Crippen MR) is 302 cm³/mol. The first-order valence-electron chi connectivity index (χ1n) is 29.9. The van der Waals surface area contributed by atoms with E-state index < -0.39 is 26.6 Å². The van der Waals surface area contributed by atoms with Crippen molar-refractivity contribution >= 4 is 19.7 Å². The van der Waals surface area contributed by atoms with E-state index in [0.717, 1.165) is 83.5 Å². The first-order chi connectivity index (χ1) is 34.4. The molecule has 0 aliphatic heterocycles. The number of nitrogens with zero attached hydrogens (tertiary/aromatic N) is 1. The molecule has 0 radical (unpaired) electrons. The van der Waals surface area contributed by atoms with E-state index >= 15 is 0 Å². The van der Waals surface area contributed by atoms with Crippen LogP contribution in [0.4, 0.5) is 0 Å². The summed E-state index contributed by atoms with van der Waals surface area (Å²) >= 11 is 0. The van der Waals surface area contributed by atoms with E-state index in [1.165, 1.54) is 154 Å². The number of quaternary nitrogens is 1. The maximum atomic E-state index is 13.5. The molecule has 1 amide bonds. The van der Waals surface area contributed by atoms with Gasteiger partial charge >= 0.3 is 5.97 Å². The third-order valence-electron chi connectivity index (χ3n) is 13.2. The highest BCUT2D eigenvalue weighted by molar-refractivity contribution is 7.45. The number of esters is 1. The van der Waals surface area contributed by atoms with Gasteiger partial charge in [-0.3, -0.25) is 14.2 Å². The molecule has 416 valence electrons. The summed E-state index contributed by atoms with van der Waals surface area (Å²) < 4.78 is 30.2. The summed E-state index contributed by atoms with van der Waals surface area (Å²) in [6.07, 6.45) is 62.1. The molecule has 71 heavy (non-hydrogen) atoms. The fourth-order valence-electron chi connectivity index (χ4n) is 8.55. The van der Waals surface area contributed by atoms with Gasteiger partial charge in [0.05, 0.1) is 33.8 Å². The molecule has 0 rings (SSSR count). The Morgan fingerprint density at radius 1 is 0.493 bits per heavy atom. The Morgan fingerprint density at radius 2 is 0.859 bits per heavy atom. The van der Waals surface area contributed by atoms with E-state index in [4.69, 9.17) is 13.8 Å². The van der Waals surface area contributed by atoms with Crippen molar-refractivity contribution in [1.29, 1.82) is 0 Å². The summed E-state index contributed by atoms with van der Waals surface area (Å²) in [6, 6.07) is -0.895. The van der Waals surface area contributed by atoms with Gasteiger partial charge in [-0.2, -0.15) is 0 Å². The summed E-state index contributed by atoms with van der Waals surface area (Å²) in [6.45, 7) is 6.81. The van der Waals surface area contributed by atoms with Crippen LogP contribution < -0.4 is 10.2 Å². The van der Waals surface area contributed by atoms with Crippen molar-refractivity contribution in [1.82, 2.24) is 5.32 Å². The molecule has 0 spiro atoms. The number of likely N-dealkylation sites (N-methyl/N-ethyl adjacent to an activating group) is 1. The van der Waals surface area contributed by atoms with Gasteiger partial charge in [0, 0.05) is 12.8 Å². The van der Waals surface area contributed by atoms with Gasteiger partial charge in [-0.25, -0.2) is 0 Å². The molecule has 0 heterocycles. The first kappa shape index (κ1) is 69.0. The van der Waals surface area contributed by atoms with Gasteiger partial charge in [0.25, 0.3) is 7.82 Å². The Hall–Kier alpha value is -2.03. The van der Waals surface area contributed by atoms with Crippen molar-refractivity contribution in [3.63, 3.8) is 0 Å². The molecule has 0 bridgehead atoms. The van der Waals surface area contributed by atoms with Crippen LogP contribution in [0, 0.1) is 0 Å². The van der Waals surface area contributed by atoms with Gasteiger partial charge < -0.3 is 28.5 Å². The minimum Gasteiger partial charge on any atom is -0.756 e. The van der Waals surface area contributed by atoms with Crippen LogP contribution in [0.1, 0.15) is 278 Å². The number of unbranched alkanes of at least 4 members (excludes halogenated alkanes) is 32. The van der Waals surface area contributed by atoms with Crippen LogP contribution >= 0.6 is 7.82 Å². The molecule has 0 saturated heterocycles. The van der Waals surface area contributed by atoms with Crippen LogP contribution in [0.15, 0.2) is 48.6 Å². The third kappa shape index (κ3) is 52.6. The zero-order valence-electron chi connectivity index (χ0n) is 47.4. The second-order valence-corrected chi connectivity index (χ2v) is 22.9. The maximum Gasteiger partial charge on any atom is 0.306 e. The summed E-state index contributed by atoms with van der Waals surface area (Å²) in [5.41, 5.74) is 0. The number of amides is 1. The number of rotatable bonds is 54. The number of allylic oxidation sites excluding steroid dienone is 7. The Morgan fingerprint density at radius 3 is 1.32 bits per heavy atom. The number of carbonyl (C=O) groups is 2. The van der Waals surface area contributed by atoms with Crippen molar-refractivity contribution in [2.75, 3.05) is 40.9 Å². The minimum atomic E-state index is -4.70. The Kier molecular flexibility index (Phi) is 50.0. The standard InChI is InChI=1S/C61H115N2O7P/c1-7-10-13-16-19-22-25-28-30-31-32-33-34-35-38-41-44-47-50-53-60(64)62-58(57-69-71(66,67)68-56-55-63(4,5)6)59(52-49-46-43-40-37-27-24-21-18-15-12-9-3)70-61(65)54-51-48-45-42-39-36-29-26-23-20-17-14-11-8-2/h19,22,28,30,36,39,49,52,58-59H,7-18,20-21,23-27,29,31-35,37-38,40-48,50-51,53-57H2,1-6H3,(H-,62,64,66,67)/b22-19-,30-28-,39-36-,52-49-. The van der Waals surface area contributed by atoms with Gasteiger partial charge in [0.15, 0.2) is 0 Å². The van der Waals surface area contributed by atoms with Crippen LogP contribution in [0.25, 0.3) is 0 Å². The summed E-state index contributed by atoms with van der Waals surface area (Å²) in [5.74, 6) is -0.559. The fraction of sp³-hybridized carbons (Fsp3) is 0.836. The SMILES string of the molecule is CCCCC/C=C\C/C=C\CCCCCCCCCCCC(=O)NC(COP(=O)([O-])OCC[N+](C)(C)C)C(/C=C\CCCCCCCCCCCC)OC(=O)CCCCC/C=C\CCCCCCCCC. The highest BCUT2D eigenvalue weighted by Gasteiger charge is 2.27. The smallest absolute Gasteiger partial charge is 0.306 e. The van der Waals surface area contributed by atoms with Crippen LogP contribution in [0.2, 0.25) is 0 Å². The Balaban J connectivity index is 5.30. The Labute approximate surface area is 439 Å². The largest absolute Gasteiger partial charge is 0.756 e. The van der Waals surface area contributed by atoms with Crippen LogP contribution in [0.5, 0.6) is 0 Å². The number of hydrogen-bond donors (Lipinski definition) is 1. The van der Waals surface area contributed by atoms with Crippen molar-refractivity contribution in [3.8, 4) is 0 Å². The molecule has 3 unspecified atom stereocenters. The van der Waals surface area contributed by atoms with Crippen molar-refractivity contribution in [2.45, 2.75) is 290 Å². The zero-order chi connectivity index (χ0) is 52.2. The number of carbonyl (C=O) groups excluding carboxylic acids is 2. The average molecular weight is 1020 g/mol. The summed E-state index contributed by atoms with van der Waals surface area (Å²) in [4.78, 5) is 39.9. The van der Waals surface area contributed by atoms with Crippen molar-refractivity contribution in [3.05, 3.63) is 48.6 Å². The number of ether oxygens (including phenoxy) is 1. The topological polar surface area (TPSA) is 114 Å². The maximum absolute atomic E-state index is 13.5.